The summed E-state index contributed by atoms with van der Waals surface area (Å²) in [6.07, 6.45) is 0. The zero-order chi connectivity index (χ0) is 13.1. The van der Waals surface area contributed by atoms with Gasteiger partial charge in [0.05, 0.1) is 26.5 Å². The molecule has 0 saturated carbocycles. The van der Waals surface area contributed by atoms with Crippen LogP contribution in [0.15, 0.2) is 47.4 Å². The van der Waals surface area contributed by atoms with Gasteiger partial charge < -0.3 is 10.8 Å². The number of hydrogen-bond acceptors (Lipinski definition) is 3. The molecule has 0 bridgehead atoms. The van der Waals surface area contributed by atoms with Gasteiger partial charge in [-0.15, -0.1) is 0 Å². The molecule has 2 aromatic rings. The van der Waals surface area contributed by atoms with Crippen molar-refractivity contribution < 1.29 is 9.32 Å². The molecule has 0 radical (unpaired) electrons. The lowest BCUT2D eigenvalue weighted by Crippen LogP contribution is -2.01. The first kappa shape index (κ1) is 12.9. The lowest BCUT2D eigenvalue weighted by Gasteiger charge is -2.08. The van der Waals surface area contributed by atoms with Crippen LogP contribution in [0, 0.1) is 0 Å². The fraction of sp³-hybridized carbons (Fsp3) is 0.0769. The van der Waals surface area contributed by atoms with Crippen molar-refractivity contribution in [1.82, 2.24) is 0 Å². The Bertz CT molecular complexity index is 564. The Labute approximate surface area is 113 Å². The van der Waals surface area contributed by atoms with Crippen LogP contribution in [0.5, 0.6) is 5.75 Å². The quantitative estimate of drug-likeness (QED) is 0.850. The number of nitrogens with two attached hydrogens (primary N) is 1. The third-order valence-electron chi connectivity index (χ3n) is 2.46. The highest BCUT2D eigenvalue weighted by molar-refractivity contribution is 7.84. The molecule has 1 unspecified atom stereocenters. The van der Waals surface area contributed by atoms with Crippen LogP contribution in [0.25, 0.3) is 0 Å². The summed E-state index contributed by atoms with van der Waals surface area (Å²) in [5.41, 5.74) is 7.07. The topological polar surface area (TPSA) is 63.3 Å². The summed E-state index contributed by atoms with van der Waals surface area (Å²) >= 11 is 6.00. The SMILES string of the molecule is Nc1cccc(Cl)c1S(=O)Cc1ccc(O)cc1. The smallest absolute Gasteiger partial charge is 0.115 e. The molecule has 3 nitrogen and oxygen atoms in total. The molecule has 1 atom stereocenters. The van der Waals surface area contributed by atoms with E-state index in [2.05, 4.69) is 0 Å². The van der Waals surface area contributed by atoms with E-state index >= 15 is 0 Å². The van der Waals surface area contributed by atoms with Crippen LogP contribution in [0.1, 0.15) is 5.56 Å². The molecule has 0 heterocycles. The van der Waals surface area contributed by atoms with Crippen molar-refractivity contribution in [3.05, 3.63) is 53.1 Å². The number of hydrogen-bond donors (Lipinski definition) is 2. The summed E-state index contributed by atoms with van der Waals surface area (Å²) in [6, 6.07) is 11.6. The summed E-state index contributed by atoms with van der Waals surface area (Å²) in [5, 5.41) is 9.59. The number of anilines is 1. The number of aromatic hydroxyl groups is 1. The third kappa shape index (κ3) is 2.83. The Hall–Kier alpha value is -1.52. The third-order valence-corrected chi connectivity index (χ3v) is 4.39. The van der Waals surface area contributed by atoms with E-state index in [9.17, 15) is 9.32 Å². The first-order valence-electron chi connectivity index (χ1n) is 5.28. The molecule has 0 aliphatic carbocycles. The van der Waals surface area contributed by atoms with E-state index in [1.807, 2.05) is 0 Å². The van der Waals surface area contributed by atoms with E-state index in [1.165, 1.54) is 0 Å². The summed E-state index contributed by atoms with van der Waals surface area (Å²) in [5.74, 6) is 0.496. The molecule has 2 rings (SSSR count). The highest BCUT2D eigenvalue weighted by Crippen LogP contribution is 2.27. The largest absolute Gasteiger partial charge is 0.508 e. The van der Waals surface area contributed by atoms with Gasteiger partial charge in [0.15, 0.2) is 0 Å². The minimum absolute atomic E-state index is 0.182. The standard InChI is InChI=1S/C13H12ClNO2S/c14-11-2-1-3-12(15)13(11)18(17)8-9-4-6-10(16)7-5-9/h1-7,16H,8,15H2. The maximum absolute atomic E-state index is 12.2. The van der Waals surface area contributed by atoms with E-state index in [-0.39, 0.29) is 5.75 Å². The monoisotopic (exact) mass is 281 g/mol. The van der Waals surface area contributed by atoms with Crippen LogP contribution in [0.2, 0.25) is 5.02 Å². The summed E-state index contributed by atoms with van der Waals surface area (Å²) in [6.45, 7) is 0. The van der Waals surface area contributed by atoms with Crippen LogP contribution in [0.3, 0.4) is 0 Å². The fourth-order valence-electron chi connectivity index (χ4n) is 1.58. The molecule has 0 spiro atoms. The van der Waals surface area contributed by atoms with Gasteiger partial charge in [0.1, 0.15) is 5.75 Å². The molecule has 0 aliphatic heterocycles. The zero-order valence-electron chi connectivity index (χ0n) is 9.47. The maximum atomic E-state index is 12.2. The summed E-state index contributed by atoms with van der Waals surface area (Å²) in [4.78, 5) is 0.465. The van der Waals surface area contributed by atoms with Crippen LogP contribution < -0.4 is 5.73 Å². The van der Waals surface area contributed by atoms with Gasteiger partial charge >= 0.3 is 0 Å². The van der Waals surface area contributed by atoms with Crippen molar-refractivity contribution in [2.45, 2.75) is 10.6 Å². The summed E-state index contributed by atoms with van der Waals surface area (Å²) < 4.78 is 12.2. The lowest BCUT2D eigenvalue weighted by molar-refractivity contribution is 0.475. The van der Waals surface area contributed by atoms with Gasteiger partial charge in [0.25, 0.3) is 0 Å². The second kappa shape index (κ2) is 5.42. The average Bonchev–Trinajstić information content (AvgIpc) is 2.32. The Morgan fingerprint density at radius 2 is 1.83 bits per heavy atom. The molecular weight excluding hydrogens is 270 g/mol. The Balaban J connectivity index is 2.25. The predicted molar refractivity (Wildman–Crippen MR) is 74.1 cm³/mol. The molecule has 5 heteroatoms. The Morgan fingerprint density at radius 3 is 2.44 bits per heavy atom. The number of phenols is 1. The molecule has 3 N–H and O–H groups in total. The first-order chi connectivity index (χ1) is 8.58. The average molecular weight is 282 g/mol. The van der Waals surface area contributed by atoms with Gasteiger partial charge in [-0.05, 0) is 29.8 Å². The minimum Gasteiger partial charge on any atom is -0.508 e. The first-order valence-corrected chi connectivity index (χ1v) is 6.98. The zero-order valence-corrected chi connectivity index (χ0v) is 11.0. The van der Waals surface area contributed by atoms with Crippen LogP contribution in [-0.4, -0.2) is 9.32 Å². The predicted octanol–water partition coefficient (Wildman–Crippen LogP) is 2.94. The lowest BCUT2D eigenvalue weighted by atomic mass is 10.2. The number of phenolic OH excluding ortho intramolecular Hbond substituents is 1. The second-order valence-electron chi connectivity index (χ2n) is 3.81. The molecule has 94 valence electrons. The molecule has 0 fully saturated rings. The van der Waals surface area contributed by atoms with E-state index < -0.39 is 10.8 Å². The van der Waals surface area contributed by atoms with Crippen molar-refractivity contribution in [3.63, 3.8) is 0 Å². The van der Waals surface area contributed by atoms with Crippen LogP contribution in [-0.2, 0) is 16.6 Å². The molecule has 0 amide bonds. The Kier molecular flexibility index (Phi) is 3.89. The summed E-state index contributed by atoms with van der Waals surface area (Å²) in [7, 11) is -1.30. The molecule has 0 aliphatic rings. The molecule has 0 aromatic heterocycles. The second-order valence-corrected chi connectivity index (χ2v) is 5.61. The van der Waals surface area contributed by atoms with Gasteiger partial charge in [-0.2, -0.15) is 0 Å². The fourth-order valence-corrected chi connectivity index (χ4v) is 3.28. The maximum Gasteiger partial charge on any atom is 0.115 e. The van der Waals surface area contributed by atoms with Gasteiger partial charge in [-0.25, -0.2) is 0 Å². The van der Waals surface area contributed by atoms with E-state index in [0.29, 0.717) is 21.4 Å². The van der Waals surface area contributed by atoms with Gasteiger partial charge in [-0.1, -0.05) is 29.8 Å². The van der Waals surface area contributed by atoms with Gasteiger partial charge in [0.2, 0.25) is 0 Å². The number of halogens is 1. The van der Waals surface area contributed by atoms with Crippen LogP contribution >= 0.6 is 11.6 Å². The van der Waals surface area contributed by atoms with Crippen molar-refractivity contribution in [3.8, 4) is 5.75 Å². The molecule has 2 aromatic carbocycles. The molecular formula is C13H12ClNO2S. The normalized spacial score (nSPS) is 12.3. The Morgan fingerprint density at radius 1 is 1.17 bits per heavy atom. The van der Waals surface area contributed by atoms with E-state index in [4.69, 9.17) is 17.3 Å². The molecule has 18 heavy (non-hydrogen) atoms. The highest BCUT2D eigenvalue weighted by atomic mass is 35.5. The van der Waals surface area contributed by atoms with E-state index in [0.717, 1.165) is 5.56 Å². The van der Waals surface area contributed by atoms with Gasteiger partial charge in [-0.3, -0.25) is 4.21 Å². The van der Waals surface area contributed by atoms with Crippen molar-refractivity contribution in [1.29, 1.82) is 0 Å². The van der Waals surface area contributed by atoms with Crippen molar-refractivity contribution >= 4 is 28.1 Å². The van der Waals surface area contributed by atoms with Crippen molar-refractivity contribution in [2.75, 3.05) is 5.73 Å². The minimum atomic E-state index is -1.30. The molecule has 0 saturated heterocycles. The van der Waals surface area contributed by atoms with E-state index in [1.54, 1.807) is 42.5 Å². The van der Waals surface area contributed by atoms with Crippen LogP contribution in [0.4, 0.5) is 5.69 Å². The highest BCUT2D eigenvalue weighted by Gasteiger charge is 2.12. The number of rotatable bonds is 3. The van der Waals surface area contributed by atoms with Gasteiger partial charge in [0, 0.05) is 5.69 Å². The van der Waals surface area contributed by atoms with Crippen molar-refractivity contribution in [2.24, 2.45) is 0 Å². The number of benzene rings is 2. The number of nitrogen functional groups attached to an aromatic ring is 1.